The van der Waals surface area contributed by atoms with Gasteiger partial charge in [0.1, 0.15) is 6.17 Å². The molecule has 3 N–H and O–H groups in total. The minimum atomic E-state index is -0.755. The molecule has 1 atom stereocenters. The second-order valence-electron chi connectivity index (χ2n) is 4.28. The molecule has 0 saturated carbocycles. The Morgan fingerprint density at radius 3 is 1.50 bits per heavy atom. The molecule has 0 aromatic rings. The van der Waals surface area contributed by atoms with E-state index in [1.807, 2.05) is 0 Å². The SMILES string of the molecule is CCOC(=O)NC(C)CC(NC(=O)OCC)NC(=O)OCC. The summed E-state index contributed by atoms with van der Waals surface area (Å²) < 4.78 is 14.3. The van der Waals surface area contributed by atoms with Gasteiger partial charge in [-0.05, 0) is 27.7 Å². The molecule has 0 aromatic carbocycles. The maximum Gasteiger partial charge on any atom is 0.408 e. The van der Waals surface area contributed by atoms with E-state index in [9.17, 15) is 14.4 Å². The summed E-state index contributed by atoms with van der Waals surface area (Å²) in [7, 11) is 0. The molecule has 0 aliphatic rings. The Labute approximate surface area is 130 Å². The molecule has 22 heavy (non-hydrogen) atoms. The maximum atomic E-state index is 11.5. The van der Waals surface area contributed by atoms with E-state index in [0.29, 0.717) is 0 Å². The van der Waals surface area contributed by atoms with Crippen LogP contribution in [-0.4, -0.2) is 50.3 Å². The Hall–Kier alpha value is -2.19. The van der Waals surface area contributed by atoms with Crippen LogP contribution in [0.4, 0.5) is 14.4 Å². The van der Waals surface area contributed by atoms with E-state index in [2.05, 4.69) is 16.0 Å². The lowest BCUT2D eigenvalue weighted by molar-refractivity contribution is 0.131. The largest absolute Gasteiger partial charge is 0.450 e. The van der Waals surface area contributed by atoms with Crippen LogP contribution in [0.1, 0.15) is 34.1 Å². The lowest BCUT2D eigenvalue weighted by Gasteiger charge is -2.23. The fraction of sp³-hybridized carbons (Fsp3) is 0.769. The molecule has 0 saturated heterocycles. The summed E-state index contributed by atoms with van der Waals surface area (Å²) in [6, 6.07) is -0.354. The van der Waals surface area contributed by atoms with Gasteiger partial charge in [0.15, 0.2) is 0 Å². The average Bonchev–Trinajstić information content (AvgIpc) is 2.38. The number of hydrogen-bond donors (Lipinski definition) is 3. The third-order valence-electron chi connectivity index (χ3n) is 2.36. The number of hydrogen-bond acceptors (Lipinski definition) is 6. The molecular weight excluding hydrogens is 294 g/mol. The van der Waals surface area contributed by atoms with Crippen LogP contribution < -0.4 is 16.0 Å². The molecule has 0 aromatic heterocycles. The van der Waals surface area contributed by atoms with Gasteiger partial charge in [-0.15, -0.1) is 0 Å². The van der Waals surface area contributed by atoms with Crippen LogP contribution in [0.15, 0.2) is 0 Å². The van der Waals surface area contributed by atoms with Crippen LogP contribution in [0.25, 0.3) is 0 Å². The van der Waals surface area contributed by atoms with Crippen molar-refractivity contribution >= 4 is 18.3 Å². The average molecular weight is 319 g/mol. The molecule has 0 rings (SSSR count). The van der Waals surface area contributed by atoms with E-state index < -0.39 is 24.4 Å². The number of ether oxygens (including phenoxy) is 3. The first-order valence-electron chi connectivity index (χ1n) is 7.22. The zero-order chi connectivity index (χ0) is 17.0. The highest BCUT2D eigenvalue weighted by Crippen LogP contribution is 1.98. The predicted octanol–water partition coefficient (Wildman–Crippen LogP) is 1.33. The summed E-state index contributed by atoms with van der Waals surface area (Å²) in [5, 5.41) is 7.53. The van der Waals surface area contributed by atoms with Crippen molar-refractivity contribution in [1.29, 1.82) is 0 Å². The maximum absolute atomic E-state index is 11.5. The summed E-state index contributed by atoms with van der Waals surface area (Å²) in [5.74, 6) is 0. The predicted molar refractivity (Wildman–Crippen MR) is 78.3 cm³/mol. The van der Waals surface area contributed by atoms with E-state index in [1.54, 1.807) is 27.7 Å². The van der Waals surface area contributed by atoms with Crippen LogP contribution in [0, 0.1) is 0 Å². The van der Waals surface area contributed by atoms with Gasteiger partial charge in [-0.2, -0.15) is 0 Å². The molecule has 1 unspecified atom stereocenters. The normalized spacial score (nSPS) is 11.3. The van der Waals surface area contributed by atoms with Crippen molar-refractivity contribution in [2.75, 3.05) is 19.8 Å². The number of alkyl carbamates (subject to hydrolysis) is 3. The van der Waals surface area contributed by atoms with E-state index in [4.69, 9.17) is 14.2 Å². The van der Waals surface area contributed by atoms with Gasteiger partial charge in [0.05, 0.1) is 19.8 Å². The second kappa shape index (κ2) is 11.5. The van der Waals surface area contributed by atoms with Gasteiger partial charge in [-0.25, -0.2) is 14.4 Å². The molecular formula is C13H25N3O6. The smallest absolute Gasteiger partial charge is 0.408 e. The van der Waals surface area contributed by atoms with Crippen molar-refractivity contribution in [3.05, 3.63) is 0 Å². The van der Waals surface area contributed by atoms with Gasteiger partial charge in [0.25, 0.3) is 0 Å². The zero-order valence-electron chi connectivity index (χ0n) is 13.4. The van der Waals surface area contributed by atoms with Gasteiger partial charge in [-0.1, -0.05) is 0 Å². The second-order valence-corrected chi connectivity index (χ2v) is 4.28. The van der Waals surface area contributed by atoms with Crippen LogP contribution in [0.3, 0.4) is 0 Å². The quantitative estimate of drug-likeness (QED) is 0.459. The molecule has 0 heterocycles. The summed E-state index contributed by atoms with van der Waals surface area (Å²) in [4.78, 5) is 34.3. The number of carbonyl (C=O) groups is 3. The highest BCUT2D eigenvalue weighted by Gasteiger charge is 2.20. The lowest BCUT2D eigenvalue weighted by atomic mass is 10.2. The Bertz CT molecular complexity index is 344. The van der Waals surface area contributed by atoms with Gasteiger partial charge in [-0.3, -0.25) is 0 Å². The van der Waals surface area contributed by atoms with Gasteiger partial charge < -0.3 is 30.2 Å². The van der Waals surface area contributed by atoms with Crippen molar-refractivity contribution in [2.45, 2.75) is 46.3 Å². The van der Waals surface area contributed by atoms with Gasteiger partial charge >= 0.3 is 18.3 Å². The molecule has 3 amide bonds. The summed E-state index contributed by atoms with van der Waals surface area (Å²) in [6.07, 6.45) is -2.44. The highest BCUT2D eigenvalue weighted by molar-refractivity contribution is 5.71. The Morgan fingerprint density at radius 2 is 1.14 bits per heavy atom. The molecule has 0 spiro atoms. The van der Waals surface area contributed by atoms with Crippen molar-refractivity contribution in [3.63, 3.8) is 0 Å². The first-order chi connectivity index (χ1) is 10.4. The van der Waals surface area contributed by atoms with Gasteiger partial charge in [0, 0.05) is 12.5 Å². The molecule has 0 fully saturated rings. The zero-order valence-corrected chi connectivity index (χ0v) is 13.4. The van der Waals surface area contributed by atoms with Crippen molar-refractivity contribution in [2.24, 2.45) is 0 Å². The van der Waals surface area contributed by atoms with E-state index in [1.165, 1.54) is 0 Å². The molecule has 0 bridgehead atoms. The molecule has 0 aliphatic carbocycles. The first kappa shape index (κ1) is 19.8. The standard InChI is InChI=1S/C13H25N3O6/c1-5-20-11(17)14-9(4)8-10(15-12(18)21-6-2)16-13(19)22-7-3/h9-10H,5-8H2,1-4H3,(H,14,17)(H,15,18)(H,16,19). The molecule has 0 aliphatic heterocycles. The molecule has 9 nitrogen and oxygen atoms in total. The first-order valence-corrected chi connectivity index (χ1v) is 7.22. The minimum Gasteiger partial charge on any atom is -0.450 e. The number of nitrogens with one attached hydrogen (secondary N) is 3. The number of rotatable bonds is 8. The van der Waals surface area contributed by atoms with Crippen LogP contribution in [0.5, 0.6) is 0 Å². The minimum absolute atomic E-state index is 0.203. The lowest BCUT2D eigenvalue weighted by Crippen LogP contribution is -2.51. The monoisotopic (exact) mass is 319 g/mol. The van der Waals surface area contributed by atoms with E-state index in [-0.39, 0.29) is 32.3 Å². The Morgan fingerprint density at radius 1 is 0.773 bits per heavy atom. The number of carbonyl (C=O) groups excluding carboxylic acids is 3. The molecule has 9 heteroatoms. The molecule has 128 valence electrons. The van der Waals surface area contributed by atoms with E-state index >= 15 is 0 Å². The van der Waals surface area contributed by atoms with Crippen LogP contribution >= 0.6 is 0 Å². The fourth-order valence-electron chi connectivity index (χ4n) is 1.57. The van der Waals surface area contributed by atoms with Crippen molar-refractivity contribution < 1.29 is 28.6 Å². The van der Waals surface area contributed by atoms with E-state index in [0.717, 1.165) is 0 Å². The van der Waals surface area contributed by atoms with Gasteiger partial charge in [0.2, 0.25) is 0 Å². The summed E-state index contributed by atoms with van der Waals surface area (Å²) in [6.45, 7) is 7.39. The third kappa shape index (κ3) is 9.67. The molecule has 0 radical (unpaired) electrons. The van der Waals surface area contributed by atoms with Crippen LogP contribution in [0.2, 0.25) is 0 Å². The van der Waals surface area contributed by atoms with Crippen molar-refractivity contribution in [3.8, 4) is 0 Å². The topological polar surface area (TPSA) is 115 Å². The Kier molecular flexibility index (Phi) is 10.3. The Balaban J connectivity index is 4.52. The highest BCUT2D eigenvalue weighted by atomic mass is 16.6. The van der Waals surface area contributed by atoms with Crippen LogP contribution in [-0.2, 0) is 14.2 Å². The summed E-state index contributed by atoms with van der Waals surface area (Å²) >= 11 is 0. The van der Waals surface area contributed by atoms with Crippen molar-refractivity contribution in [1.82, 2.24) is 16.0 Å². The third-order valence-corrected chi connectivity index (χ3v) is 2.36. The summed E-state index contributed by atoms with van der Waals surface area (Å²) in [5.41, 5.74) is 0. The fourth-order valence-corrected chi connectivity index (χ4v) is 1.57. The number of amides is 3.